The minimum atomic E-state index is -0.160. The minimum absolute atomic E-state index is 0.160. The van der Waals surface area contributed by atoms with Gasteiger partial charge in [0.1, 0.15) is 0 Å². The normalized spacial score (nSPS) is 11.4. The number of amides is 1. The molecule has 130 valence electrons. The third-order valence-electron chi connectivity index (χ3n) is 3.69. The Morgan fingerprint density at radius 1 is 1.15 bits per heavy atom. The van der Waals surface area contributed by atoms with Gasteiger partial charge in [0.15, 0.2) is 0 Å². The smallest absolute Gasteiger partial charge is 0.250 e. The predicted octanol–water partition coefficient (Wildman–Crippen LogP) is 4.45. The maximum absolute atomic E-state index is 11.9. The van der Waals surface area contributed by atoms with Gasteiger partial charge in [-0.2, -0.15) is 5.10 Å². The highest BCUT2D eigenvalue weighted by Crippen LogP contribution is 2.23. The van der Waals surface area contributed by atoms with Gasteiger partial charge >= 0.3 is 0 Å². The molecule has 26 heavy (non-hydrogen) atoms. The molecule has 0 aliphatic carbocycles. The van der Waals surface area contributed by atoms with Gasteiger partial charge in [-0.25, -0.2) is 10.4 Å². The third-order valence-corrected chi connectivity index (χ3v) is 4.60. The van der Waals surface area contributed by atoms with Crippen molar-refractivity contribution in [2.75, 3.05) is 5.75 Å². The van der Waals surface area contributed by atoms with E-state index in [0.717, 1.165) is 27.1 Å². The van der Waals surface area contributed by atoms with Crippen molar-refractivity contribution in [3.05, 3.63) is 77.9 Å². The van der Waals surface area contributed by atoms with E-state index in [1.807, 2.05) is 60.7 Å². The molecule has 3 rings (SSSR count). The number of hydrogen-bond donors (Lipinski definition) is 1. The molecule has 0 aliphatic heterocycles. The summed E-state index contributed by atoms with van der Waals surface area (Å²) in [6.45, 7) is 2.05. The Kier molecular flexibility index (Phi) is 6.17. The lowest BCUT2D eigenvalue weighted by Crippen LogP contribution is -2.19. The van der Waals surface area contributed by atoms with Crippen LogP contribution in [0, 0.1) is 6.92 Å². The Balaban J connectivity index is 1.50. The number of hydrazone groups is 1. The molecule has 4 nitrogen and oxygen atoms in total. The van der Waals surface area contributed by atoms with Gasteiger partial charge in [-0.05, 0) is 36.3 Å². The topological polar surface area (TPSA) is 54.4 Å². The van der Waals surface area contributed by atoms with Gasteiger partial charge in [-0.3, -0.25) is 4.79 Å². The number of para-hydroxylation sites is 1. The number of aryl methyl sites for hydroxylation is 1. The van der Waals surface area contributed by atoms with Crippen molar-refractivity contribution in [1.82, 2.24) is 10.4 Å². The average molecular weight is 361 g/mol. The number of pyridine rings is 1. The van der Waals surface area contributed by atoms with Crippen molar-refractivity contribution in [3.63, 3.8) is 0 Å². The highest BCUT2D eigenvalue weighted by Gasteiger charge is 2.06. The van der Waals surface area contributed by atoms with Crippen LogP contribution in [0.4, 0.5) is 0 Å². The number of nitrogens with one attached hydrogen (secondary N) is 1. The van der Waals surface area contributed by atoms with E-state index < -0.39 is 0 Å². The van der Waals surface area contributed by atoms with E-state index in [-0.39, 0.29) is 11.7 Å². The Labute approximate surface area is 157 Å². The van der Waals surface area contributed by atoms with Crippen LogP contribution in [0.5, 0.6) is 0 Å². The van der Waals surface area contributed by atoms with Gasteiger partial charge in [0.05, 0.1) is 16.3 Å². The van der Waals surface area contributed by atoms with E-state index in [9.17, 15) is 4.79 Å². The molecule has 1 N–H and O–H groups in total. The lowest BCUT2D eigenvalue weighted by Gasteiger charge is -2.05. The number of allylic oxidation sites excluding steroid dienone is 1. The molecule has 0 saturated heterocycles. The van der Waals surface area contributed by atoms with Crippen molar-refractivity contribution < 1.29 is 4.79 Å². The zero-order valence-corrected chi connectivity index (χ0v) is 15.2. The van der Waals surface area contributed by atoms with Crippen molar-refractivity contribution in [2.45, 2.75) is 11.9 Å². The average Bonchev–Trinajstić information content (AvgIpc) is 2.67. The summed E-state index contributed by atoms with van der Waals surface area (Å²) in [5.74, 6) is 0.108. The molecule has 0 spiro atoms. The molecule has 0 atom stereocenters. The van der Waals surface area contributed by atoms with Crippen LogP contribution in [0.2, 0.25) is 0 Å². The summed E-state index contributed by atoms with van der Waals surface area (Å²) in [7, 11) is 0. The number of rotatable bonds is 6. The lowest BCUT2D eigenvalue weighted by atomic mass is 10.1. The summed E-state index contributed by atoms with van der Waals surface area (Å²) >= 11 is 1.40. The van der Waals surface area contributed by atoms with E-state index in [1.54, 1.807) is 12.3 Å². The molecule has 1 aromatic heterocycles. The molecule has 0 radical (unpaired) electrons. The summed E-state index contributed by atoms with van der Waals surface area (Å²) in [5.41, 5.74) is 5.70. The fraction of sp³-hybridized carbons (Fsp3) is 0.0952. The predicted molar refractivity (Wildman–Crippen MR) is 109 cm³/mol. The van der Waals surface area contributed by atoms with Gasteiger partial charge in [-0.15, -0.1) is 0 Å². The number of hydrogen-bond acceptors (Lipinski definition) is 4. The summed E-state index contributed by atoms with van der Waals surface area (Å²) in [5, 5.41) is 5.89. The molecule has 1 heterocycles. The molecular weight excluding hydrogens is 342 g/mol. The van der Waals surface area contributed by atoms with Crippen LogP contribution < -0.4 is 5.43 Å². The van der Waals surface area contributed by atoms with Crippen LogP contribution in [0.3, 0.4) is 0 Å². The zero-order valence-electron chi connectivity index (χ0n) is 14.4. The van der Waals surface area contributed by atoms with Gasteiger partial charge in [0.2, 0.25) is 5.91 Å². The Morgan fingerprint density at radius 3 is 2.77 bits per heavy atom. The van der Waals surface area contributed by atoms with Crippen molar-refractivity contribution in [1.29, 1.82) is 0 Å². The number of carbonyl (C=O) groups excluding carboxylic acids is 1. The SMILES string of the molecule is Cc1cc(SCC(=O)N/N=C/C=C/c2ccccc2)nc2ccccc12. The summed E-state index contributed by atoms with van der Waals surface area (Å²) in [6, 6.07) is 19.9. The number of carbonyl (C=O) groups is 1. The Hall–Kier alpha value is -2.92. The molecule has 0 bridgehead atoms. The fourth-order valence-electron chi connectivity index (χ4n) is 2.43. The van der Waals surface area contributed by atoms with Crippen molar-refractivity contribution >= 4 is 40.9 Å². The Morgan fingerprint density at radius 2 is 1.92 bits per heavy atom. The zero-order chi connectivity index (χ0) is 18.2. The van der Waals surface area contributed by atoms with Gasteiger partial charge in [0, 0.05) is 11.6 Å². The molecule has 0 unspecified atom stereocenters. The highest BCUT2D eigenvalue weighted by molar-refractivity contribution is 7.99. The first-order valence-corrected chi connectivity index (χ1v) is 9.24. The van der Waals surface area contributed by atoms with E-state index in [0.29, 0.717) is 0 Å². The maximum atomic E-state index is 11.9. The number of aromatic nitrogens is 1. The van der Waals surface area contributed by atoms with E-state index in [2.05, 4.69) is 28.5 Å². The second kappa shape index (κ2) is 8.97. The van der Waals surface area contributed by atoms with Crippen LogP contribution in [-0.2, 0) is 4.79 Å². The number of benzene rings is 2. The van der Waals surface area contributed by atoms with Crippen LogP contribution in [0.1, 0.15) is 11.1 Å². The molecular formula is C21H19N3OS. The second-order valence-electron chi connectivity index (χ2n) is 5.67. The van der Waals surface area contributed by atoms with Crippen LogP contribution >= 0.6 is 11.8 Å². The summed E-state index contributed by atoms with van der Waals surface area (Å²) < 4.78 is 0. The molecule has 3 aromatic rings. The highest BCUT2D eigenvalue weighted by atomic mass is 32.2. The largest absolute Gasteiger partial charge is 0.272 e. The van der Waals surface area contributed by atoms with E-state index in [4.69, 9.17) is 0 Å². The molecule has 0 saturated carbocycles. The summed E-state index contributed by atoms with van der Waals surface area (Å²) in [6.07, 6.45) is 5.27. The Bertz CT molecular complexity index is 952. The van der Waals surface area contributed by atoms with Gasteiger partial charge < -0.3 is 0 Å². The molecule has 0 aliphatic rings. The third kappa shape index (κ3) is 5.04. The van der Waals surface area contributed by atoms with Crippen molar-refractivity contribution in [2.24, 2.45) is 5.10 Å². The van der Waals surface area contributed by atoms with Crippen molar-refractivity contribution in [3.8, 4) is 0 Å². The van der Waals surface area contributed by atoms with E-state index in [1.165, 1.54) is 11.8 Å². The quantitative estimate of drug-likeness (QED) is 0.401. The number of nitrogens with zero attached hydrogens (tertiary/aromatic N) is 2. The van der Waals surface area contributed by atoms with Gasteiger partial charge in [0.25, 0.3) is 0 Å². The molecule has 2 aromatic carbocycles. The molecule has 5 heteroatoms. The maximum Gasteiger partial charge on any atom is 0.250 e. The molecule has 0 fully saturated rings. The first kappa shape index (κ1) is 17.9. The number of thioether (sulfide) groups is 1. The monoisotopic (exact) mass is 361 g/mol. The standard InChI is InChI=1S/C21H19N3OS/c1-16-14-21(23-19-12-6-5-11-18(16)19)26-15-20(25)24-22-13-7-10-17-8-3-2-4-9-17/h2-14H,15H2,1H3,(H,24,25)/b10-7+,22-13+. The molecule has 1 amide bonds. The van der Waals surface area contributed by atoms with Crippen LogP contribution in [-0.4, -0.2) is 22.9 Å². The minimum Gasteiger partial charge on any atom is -0.272 e. The summed E-state index contributed by atoms with van der Waals surface area (Å²) in [4.78, 5) is 16.5. The van der Waals surface area contributed by atoms with E-state index >= 15 is 0 Å². The van der Waals surface area contributed by atoms with Crippen LogP contribution in [0.25, 0.3) is 17.0 Å². The fourth-order valence-corrected chi connectivity index (χ4v) is 3.20. The first-order chi connectivity index (χ1) is 12.7. The second-order valence-corrected chi connectivity index (χ2v) is 6.66. The first-order valence-electron chi connectivity index (χ1n) is 8.25. The number of fused-ring (bicyclic) bond motifs is 1. The lowest BCUT2D eigenvalue weighted by molar-refractivity contribution is -0.118. The van der Waals surface area contributed by atoms with Crippen LogP contribution in [0.15, 0.2) is 76.9 Å². The van der Waals surface area contributed by atoms with Gasteiger partial charge in [-0.1, -0.05) is 66.4 Å².